The summed E-state index contributed by atoms with van der Waals surface area (Å²) in [6.45, 7) is 2.41. The van der Waals surface area contributed by atoms with E-state index < -0.39 is 40.0 Å². The van der Waals surface area contributed by atoms with Gasteiger partial charge in [0, 0.05) is 19.6 Å². The number of rotatable bonds is 7. The third kappa shape index (κ3) is 4.49. The summed E-state index contributed by atoms with van der Waals surface area (Å²) in [6.07, 6.45) is 1.73. The lowest BCUT2D eigenvalue weighted by molar-refractivity contribution is -0.134. The summed E-state index contributed by atoms with van der Waals surface area (Å²) in [6, 6.07) is 14.6. The first-order chi connectivity index (χ1) is 15.7. The van der Waals surface area contributed by atoms with Gasteiger partial charge in [-0.15, -0.1) is 0 Å². The molecule has 174 valence electrons. The fourth-order valence-corrected chi connectivity index (χ4v) is 5.58. The van der Waals surface area contributed by atoms with Crippen molar-refractivity contribution in [3.63, 3.8) is 0 Å². The van der Waals surface area contributed by atoms with Crippen LogP contribution in [0.1, 0.15) is 30.9 Å². The molecule has 2 saturated heterocycles. The lowest BCUT2D eigenvalue weighted by atomic mass is 9.92. The van der Waals surface area contributed by atoms with E-state index in [9.17, 15) is 22.8 Å². The molecule has 2 aliphatic rings. The van der Waals surface area contributed by atoms with E-state index in [4.69, 9.17) is 0 Å². The maximum absolute atomic E-state index is 12.9. The van der Waals surface area contributed by atoms with Gasteiger partial charge in [-0.1, -0.05) is 42.5 Å². The second-order valence-electron chi connectivity index (χ2n) is 8.34. The number of benzene rings is 2. The molecule has 2 aliphatic heterocycles. The fraction of sp³-hybridized carbons (Fsp3) is 0.348. The van der Waals surface area contributed by atoms with Gasteiger partial charge in [-0.25, -0.2) is 13.2 Å². The van der Waals surface area contributed by atoms with Crippen LogP contribution < -0.4 is 10.6 Å². The zero-order valence-electron chi connectivity index (χ0n) is 18.3. The smallest absolute Gasteiger partial charge is 0.325 e. The van der Waals surface area contributed by atoms with Crippen molar-refractivity contribution in [2.45, 2.75) is 36.7 Å². The first kappa shape index (κ1) is 22.9. The van der Waals surface area contributed by atoms with Crippen molar-refractivity contribution in [3.05, 3.63) is 65.7 Å². The molecule has 4 rings (SSSR count). The second-order valence-corrected chi connectivity index (χ2v) is 10.3. The van der Waals surface area contributed by atoms with Crippen LogP contribution in [0.3, 0.4) is 0 Å². The van der Waals surface area contributed by atoms with Crippen LogP contribution in [0.4, 0.5) is 4.79 Å². The number of nitrogens with zero attached hydrogens (tertiary/aromatic N) is 2. The molecule has 1 unspecified atom stereocenters. The lowest BCUT2D eigenvalue weighted by Gasteiger charge is -2.22. The predicted molar refractivity (Wildman–Crippen MR) is 120 cm³/mol. The monoisotopic (exact) mass is 470 g/mol. The first-order valence-corrected chi connectivity index (χ1v) is 12.2. The lowest BCUT2D eigenvalue weighted by Crippen LogP contribution is -2.43. The molecule has 2 N–H and O–H groups in total. The molecule has 2 aromatic rings. The Bertz CT molecular complexity index is 1160. The minimum Gasteiger partial charge on any atom is -0.350 e. The van der Waals surface area contributed by atoms with Gasteiger partial charge < -0.3 is 10.6 Å². The zero-order valence-corrected chi connectivity index (χ0v) is 19.1. The summed E-state index contributed by atoms with van der Waals surface area (Å²) < 4.78 is 26.7. The highest BCUT2D eigenvalue weighted by molar-refractivity contribution is 7.89. The van der Waals surface area contributed by atoms with Gasteiger partial charge in [0.05, 0.1) is 4.90 Å². The van der Waals surface area contributed by atoms with Crippen LogP contribution in [-0.4, -0.2) is 55.1 Å². The van der Waals surface area contributed by atoms with E-state index in [1.807, 2.05) is 6.07 Å². The van der Waals surface area contributed by atoms with E-state index in [2.05, 4.69) is 10.6 Å². The summed E-state index contributed by atoms with van der Waals surface area (Å²) in [5.74, 6) is -0.991. The van der Waals surface area contributed by atoms with Crippen molar-refractivity contribution < 1.29 is 22.8 Å². The third-order valence-corrected chi connectivity index (χ3v) is 7.96. The predicted octanol–water partition coefficient (Wildman–Crippen LogP) is 1.55. The van der Waals surface area contributed by atoms with E-state index in [1.54, 1.807) is 43.3 Å². The van der Waals surface area contributed by atoms with Gasteiger partial charge in [-0.05, 0) is 43.0 Å². The summed E-state index contributed by atoms with van der Waals surface area (Å²) in [4.78, 5) is 38.8. The molecule has 1 atom stereocenters. The van der Waals surface area contributed by atoms with Crippen LogP contribution in [0.15, 0.2) is 59.5 Å². The Balaban J connectivity index is 1.35. The Morgan fingerprint density at radius 2 is 1.67 bits per heavy atom. The fourth-order valence-electron chi connectivity index (χ4n) is 4.06. The van der Waals surface area contributed by atoms with E-state index in [0.717, 1.165) is 17.7 Å². The van der Waals surface area contributed by atoms with Crippen LogP contribution in [0.25, 0.3) is 0 Å². The number of sulfonamides is 1. The largest absolute Gasteiger partial charge is 0.350 e. The molecule has 2 aromatic carbocycles. The van der Waals surface area contributed by atoms with Gasteiger partial charge in [0.15, 0.2) is 0 Å². The number of hydrogen-bond acceptors (Lipinski definition) is 5. The number of hydrogen-bond donors (Lipinski definition) is 2. The molecule has 4 amide bonds. The molecular formula is C23H26N4O5S. The average Bonchev–Trinajstić information content (AvgIpc) is 3.43. The molecule has 0 saturated carbocycles. The SMILES string of the molecule is CC1(c2ccccc2)NC(=O)N(CC(=O)NCc2ccc(S(=O)(=O)N3CCCC3)cc2)C1=O. The molecule has 0 aromatic heterocycles. The normalized spacial score (nSPS) is 21.3. The second kappa shape index (κ2) is 8.95. The van der Waals surface area contributed by atoms with Crippen molar-refractivity contribution >= 4 is 27.9 Å². The van der Waals surface area contributed by atoms with E-state index >= 15 is 0 Å². The number of carbonyl (C=O) groups is 3. The Morgan fingerprint density at radius 3 is 2.30 bits per heavy atom. The summed E-state index contributed by atoms with van der Waals surface area (Å²) in [5, 5.41) is 5.34. The molecule has 10 heteroatoms. The topological polar surface area (TPSA) is 116 Å². The number of urea groups is 1. The van der Waals surface area contributed by atoms with Crippen LogP contribution in [0, 0.1) is 0 Å². The van der Waals surface area contributed by atoms with E-state index in [1.165, 1.54) is 16.4 Å². The molecule has 0 aliphatic carbocycles. The number of nitrogens with one attached hydrogen (secondary N) is 2. The summed E-state index contributed by atoms with van der Waals surface area (Å²) in [7, 11) is -3.49. The zero-order chi connectivity index (χ0) is 23.6. The van der Waals surface area contributed by atoms with Gasteiger partial charge in [0.1, 0.15) is 12.1 Å². The standard InChI is InChI=1S/C23H26N4O5S/c1-23(18-7-3-2-4-8-18)21(29)27(22(30)25-23)16-20(28)24-15-17-9-11-19(12-10-17)33(31,32)26-13-5-6-14-26/h2-4,7-12H,5-6,13-16H2,1H3,(H,24,28)(H,25,30). The Labute approximate surface area is 192 Å². The molecule has 2 fully saturated rings. The van der Waals surface area contributed by atoms with Crippen molar-refractivity contribution in [2.24, 2.45) is 0 Å². The van der Waals surface area contributed by atoms with E-state index in [0.29, 0.717) is 24.2 Å². The van der Waals surface area contributed by atoms with Gasteiger partial charge in [-0.2, -0.15) is 4.31 Å². The molecule has 0 radical (unpaired) electrons. The number of amides is 4. The van der Waals surface area contributed by atoms with Crippen molar-refractivity contribution in [1.29, 1.82) is 0 Å². The molecule has 9 nitrogen and oxygen atoms in total. The highest BCUT2D eigenvalue weighted by atomic mass is 32.2. The average molecular weight is 471 g/mol. The molecular weight excluding hydrogens is 444 g/mol. The molecule has 0 bridgehead atoms. The van der Waals surface area contributed by atoms with Crippen LogP contribution >= 0.6 is 0 Å². The third-order valence-electron chi connectivity index (χ3n) is 6.04. The minimum absolute atomic E-state index is 0.141. The molecule has 2 heterocycles. The highest BCUT2D eigenvalue weighted by Gasteiger charge is 2.49. The first-order valence-electron chi connectivity index (χ1n) is 10.8. The Morgan fingerprint density at radius 1 is 1.03 bits per heavy atom. The van der Waals surface area contributed by atoms with Crippen molar-refractivity contribution in [3.8, 4) is 0 Å². The van der Waals surface area contributed by atoms with Crippen LogP contribution in [0.5, 0.6) is 0 Å². The van der Waals surface area contributed by atoms with E-state index in [-0.39, 0.29) is 11.4 Å². The Kier molecular flexibility index (Phi) is 6.22. The summed E-state index contributed by atoms with van der Waals surface area (Å²) >= 11 is 0. The van der Waals surface area contributed by atoms with Crippen LogP contribution in [0.2, 0.25) is 0 Å². The van der Waals surface area contributed by atoms with Gasteiger partial charge >= 0.3 is 6.03 Å². The van der Waals surface area contributed by atoms with Crippen LogP contribution in [-0.2, 0) is 31.7 Å². The summed E-state index contributed by atoms with van der Waals surface area (Å²) in [5.41, 5.74) is 0.111. The van der Waals surface area contributed by atoms with Gasteiger partial charge in [-0.3, -0.25) is 14.5 Å². The van der Waals surface area contributed by atoms with Crippen molar-refractivity contribution in [1.82, 2.24) is 19.8 Å². The van der Waals surface area contributed by atoms with Gasteiger partial charge in [0.2, 0.25) is 15.9 Å². The Hall–Kier alpha value is -3.24. The molecule has 33 heavy (non-hydrogen) atoms. The quantitative estimate of drug-likeness (QED) is 0.596. The maximum atomic E-state index is 12.9. The number of carbonyl (C=O) groups excluding carboxylic acids is 3. The van der Waals surface area contributed by atoms with Crippen molar-refractivity contribution in [2.75, 3.05) is 19.6 Å². The molecule has 0 spiro atoms. The minimum atomic E-state index is -3.49. The number of imide groups is 1. The highest BCUT2D eigenvalue weighted by Crippen LogP contribution is 2.28. The van der Waals surface area contributed by atoms with Gasteiger partial charge in [0.25, 0.3) is 5.91 Å². The maximum Gasteiger partial charge on any atom is 0.325 e.